The molecule has 0 aliphatic heterocycles. The van der Waals surface area contributed by atoms with E-state index in [0.717, 1.165) is 11.8 Å². The van der Waals surface area contributed by atoms with Gasteiger partial charge in [0.1, 0.15) is 29.5 Å². The minimum absolute atomic E-state index is 0.0679. The van der Waals surface area contributed by atoms with E-state index in [1.807, 2.05) is 12.1 Å². The minimum Gasteiger partial charge on any atom is -0.491 e. The molecule has 0 saturated heterocycles. The van der Waals surface area contributed by atoms with Gasteiger partial charge in [-0.15, -0.1) is 11.8 Å². The SMILES string of the molecule is Cc1nc(SCCC(F)(F)F)c(C#N)c(-c2ccc(OCCO)cc2)c1C#N. The monoisotopic (exact) mass is 407 g/mol. The van der Waals surface area contributed by atoms with E-state index in [4.69, 9.17) is 9.84 Å². The van der Waals surface area contributed by atoms with Crippen LogP contribution in [0.4, 0.5) is 13.2 Å². The Balaban J connectivity index is 2.47. The fourth-order valence-electron chi connectivity index (χ4n) is 2.46. The highest BCUT2D eigenvalue weighted by atomic mass is 32.2. The number of aryl methyl sites for hydroxylation is 1. The quantitative estimate of drug-likeness (QED) is 0.692. The van der Waals surface area contributed by atoms with Gasteiger partial charge in [0.25, 0.3) is 0 Å². The third-order valence-electron chi connectivity index (χ3n) is 3.70. The fraction of sp³-hybridized carbons (Fsp3) is 0.316. The Hall–Kier alpha value is -2.75. The highest BCUT2D eigenvalue weighted by Crippen LogP contribution is 2.36. The van der Waals surface area contributed by atoms with Gasteiger partial charge in [0, 0.05) is 11.3 Å². The molecule has 146 valence electrons. The molecule has 1 N–H and O–H groups in total. The van der Waals surface area contributed by atoms with Gasteiger partial charge >= 0.3 is 6.18 Å². The number of rotatable bonds is 7. The first kappa shape index (κ1) is 21.5. The average molecular weight is 407 g/mol. The molecule has 2 rings (SSSR count). The molecule has 1 heterocycles. The summed E-state index contributed by atoms with van der Waals surface area (Å²) in [5.74, 6) is 0.226. The molecule has 0 bridgehead atoms. The van der Waals surface area contributed by atoms with Crippen LogP contribution in [0.25, 0.3) is 11.1 Å². The van der Waals surface area contributed by atoms with Crippen LogP contribution < -0.4 is 4.74 Å². The van der Waals surface area contributed by atoms with Gasteiger partial charge in [-0.2, -0.15) is 23.7 Å². The molecule has 28 heavy (non-hydrogen) atoms. The van der Waals surface area contributed by atoms with Crippen LogP contribution >= 0.6 is 11.8 Å². The summed E-state index contributed by atoms with van der Waals surface area (Å²) in [6, 6.07) is 10.5. The summed E-state index contributed by atoms with van der Waals surface area (Å²) in [5, 5.41) is 28.1. The van der Waals surface area contributed by atoms with Crippen molar-refractivity contribution in [2.24, 2.45) is 0 Å². The summed E-state index contributed by atoms with van der Waals surface area (Å²) >= 11 is 0.839. The van der Waals surface area contributed by atoms with Crippen LogP contribution in [0.5, 0.6) is 5.75 Å². The number of aliphatic hydroxyl groups excluding tert-OH is 1. The highest BCUT2D eigenvalue weighted by Gasteiger charge is 2.27. The maximum Gasteiger partial charge on any atom is 0.389 e. The number of pyridine rings is 1. The lowest BCUT2D eigenvalue weighted by Crippen LogP contribution is -2.08. The second kappa shape index (κ2) is 9.45. The average Bonchev–Trinajstić information content (AvgIpc) is 2.65. The number of aliphatic hydroxyl groups is 1. The standard InChI is InChI=1S/C19H16F3N3O2S/c1-12-15(10-23)17(13-2-4-14(5-3-13)27-8-7-26)16(11-24)18(25-12)28-9-6-19(20,21)22/h2-5,26H,6-9H2,1H3. The van der Waals surface area contributed by atoms with Crippen LogP contribution in [0.15, 0.2) is 29.3 Å². The normalized spacial score (nSPS) is 11.0. The van der Waals surface area contributed by atoms with Crippen LogP contribution in [0.2, 0.25) is 0 Å². The smallest absolute Gasteiger partial charge is 0.389 e. The third kappa shape index (κ3) is 5.38. The third-order valence-corrected chi connectivity index (χ3v) is 4.67. The van der Waals surface area contributed by atoms with E-state index in [0.29, 0.717) is 22.6 Å². The lowest BCUT2D eigenvalue weighted by Gasteiger charge is -2.14. The lowest BCUT2D eigenvalue weighted by atomic mass is 9.95. The zero-order valence-corrected chi connectivity index (χ0v) is 15.7. The largest absolute Gasteiger partial charge is 0.491 e. The Kier molecular flexibility index (Phi) is 7.27. The van der Waals surface area contributed by atoms with E-state index in [9.17, 15) is 23.7 Å². The summed E-state index contributed by atoms with van der Waals surface area (Å²) in [5.41, 5.74) is 1.49. The van der Waals surface area contributed by atoms with Gasteiger partial charge in [-0.3, -0.25) is 0 Å². The summed E-state index contributed by atoms with van der Waals surface area (Å²) in [7, 11) is 0. The van der Waals surface area contributed by atoms with E-state index in [2.05, 4.69) is 4.98 Å². The van der Waals surface area contributed by atoms with Gasteiger partial charge in [-0.25, -0.2) is 4.98 Å². The zero-order valence-electron chi connectivity index (χ0n) is 14.9. The summed E-state index contributed by atoms with van der Waals surface area (Å²) < 4.78 is 42.6. The van der Waals surface area contributed by atoms with Crippen molar-refractivity contribution in [1.29, 1.82) is 10.5 Å². The summed E-state index contributed by atoms with van der Waals surface area (Å²) in [4.78, 5) is 4.18. The van der Waals surface area contributed by atoms with Crippen molar-refractivity contribution in [2.75, 3.05) is 19.0 Å². The van der Waals surface area contributed by atoms with Crippen molar-refractivity contribution in [3.05, 3.63) is 41.1 Å². The van der Waals surface area contributed by atoms with Crippen LogP contribution in [0.1, 0.15) is 23.2 Å². The van der Waals surface area contributed by atoms with Crippen molar-refractivity contribution in [3.63, 3.8) is 0 Å². The van der Waals surface area contributed by atoms with Crippen molar-refractivity contribution < 1.29 is 23.0 Å². The Morgan fingerprint density at radius 3 is 2.32 bits per heavy atom. The molecule has 0 amide bonds. The molecule has 2 aromatic rings. The van der Waals surface area contributed by atoms with Crippen LogP contribution in [-0.2, 0) is 0 Å². The fourth-order valence-corrected chi connectivity index (χ4v) is 3.48. The van der Waals surface area contributed by atoms with Gasteiger partial charge in [-0.1, -0.05) is 12.1 Å². The number of hydrogen-bond donors (Lipinski definition) is 1. The first-order valence-electron chi connectivity index (χ1n) is 8.19. The van der Waals surface area contributed by atoms with Gasteiger partial charge < -0.3 is 9.84 Å². The number of halogens is 3. The first-order valence-corrected chi connectivity index (χ1v) is 9.17. The molecule has 1 aromatic carbocycles. The van der Waals surface area contributed by atoms with E-state index < -0.39 is 12.6 Å². The molecule has 0 saturated carbocycles. The Bertz CT molecular complexity index is 916. The molecule has 0 unspecified atom stereocenters. The van der Waals surface area contributed by atoms with Gasteiger partial charge in [0.15, 0.2) is 0 Å². The van der Waals surface area contributed by atoms with Crippen LogP contribution in [0.3, 0.4) is 0 Å². The predicted octanol–water partition coefficient (Wildman–Crippen LogP) is 4.22. The Labute approximate surface area is 164 Å². The van der Waals surface area contributed by atoms with Crippen molar-refractivity contribution in [1.82, 2.24) is 4.98 Å². The molecule has 5 nitrogen and oxygen atoms in total. The topological polar surface area (TPSA) is 89.9 Å². The van der Waals surface area contributed by atoms with Crippen LogP contribution in [0, 0.1) is 29.6 Å². The molecule has 0 fully saturated rings. The second-order valence-corrected chi connectivity index (χ2v) is 6.74. The molecule has 0 radical (unpaired) electrons. The number of nitriles is 2. The maximum absolute atomic E-state index is 12.4. The molecule has 9 heteroatoms. The minimum atomic E-state index is -4.30. The number of benzene rings is 1. The van der Waals surface area contributed by atoms with E-state index in [1.54, 1.807) is 31.2 Å². The Morgan fingerprint density at radius 2 is 1.79 bits per heavy atom. The number of hydrogen-bond acceptors (Lipinski definition) is 6. The number of aromatic nitrogens is 1. The number of nitrogens with zero attached hydrogens (tertiary/aromatic N) is 3. The number of alkyl halides is 3. The van der Waals surface area contributed by atoms with E-state index in [-0.39, 0.29) is 35.1 Å². The first-order chi connectivity index (χ1) is 13.3. The van der Waals surface area contributed by atoms with Crippen LogP contribution in [-0.4, -0.2) is 35.2 Å². The molecular formula is C19H16F3N3O2S. The van der Waals surface area contributed by atoms with Gasteiger partial charge in [-0.05, 0) is 24.6 Å². The van der Waals surface area contributed by atoms with Crippen molar-refractivity contribution in [3.8, 4) is 29.0 Å². The Morgan fingerprint density at radius 1 is 1.14 bits per heavy atom. The van der Waals surface area contributed by atoms with Gasteiger partial charge in [0.2, 0.25) is 0 Å². The van der Waals surface area contributed by atoms with Gasteiger partial charge in [0.05, 0.1) is 29.8 Å². The number of thioether (sulfide) groups is 1. The highest BCUT2D eigenvalue weighted by molar-refractivity contribution is 7.99. The number of ether oxygens (including phenoxy) is 1. The second-order valence-electron chi connectivity index (χ2n) is 5.66. The summed E-state index contributed by atoms with van der Waals surface area (Å²) in [6.07, 6.45) is -5.30. The van der Waals surface area contributed by atoms with E-state index in [1.165, 1.54) is 0 Å². The summed E-state index contributed by atoms with van der Waals surface area (Å²) in [6.45, 7) is 1.57. The lowest BCUT2D eigenvalue weighted by molar-refractivity contribution is -0.129. The molecular weight excluding hydrogens is 391 g/mol. The molecule has 0 atom stereocenters. The molecule has 0 spiro atoms. The predicted molar refractivity (Wildman–Crippen MR) is 97.8 cm³/mol. The van der Waals surface area contributed by atoms with E-state index >= 15 is 0 Å². The zero-order chi connectivity index (χ0) is 20.7. The molecule has 0 aliphatic carbocycles. The molecule has 0 aliphatic rings. The maximum atomic E-state index is 12.4. The van der Waals surface area contributed by atoms with Crippen molar-refractivity contribution in [2.45, 2.75) is 24.5 Å². The molecule has 1 aromatic heterocycles. The van der Waals surface area contributed by atoms with Crippen molar-refractivity contribution >= 4 is 11.8 Å².